The van der Waals surface area contributed by atoms with E-state index < -0.39 is 15.4 Å². The Morgan fingerprint density at radius 2 is 1.82 bits per heavy atom. The van der Waals surface area contributed by atoms with Crippen molar-refractivity contribution in [1.29, 1.82) is 0 Å². The zero-order valence-electron chi connectivity index (χ0n) is 16.4. The van der Waals surface area contributed by atoms with Crippen molar-refractivity contribution in [1.82, 2.24) is 14.9 Å². The molecule has 0 aliphatic rings. The van der Waals surface area contributed by atoms with Gasteiger partial charge < -0.3 is 14.8 Å². The van der Waals surface area contributed by atoms with Gasteiger partial charge in [0.05, 0.1) is 14.2 Å². The van der Waals surface area contributed by atoms with Crippen LogP contribution in [-0.4, -0.2) is 45.3 Å². The maximum Gasteiger partial charge on any atom is 0.269 e. The second-order valence-corrected chi connectivity index (χ2v) is 9.83. The lowest BCUT2D eigenvalue weighted by molar-refractivity contribution is -0.123. The van der Waals surface area contributed by atoms with Gasteiger partial charge in [-0.3, -0.25) is 4.79 Å². The largest absolute Gasteiger partial charge is 0.493 e. The number of hydrogen-bond donors (Lipinski definition) is 2. The van der Waals surface area contributed by atoms with Crippen LogP contribution in [0.2, 0.25) is 0 Å². The van der Waals surface area contributed by atoms with Crippen LogP contribution < -0.4 is 19.5 Å². The summed E-state index contributed by atoms with van der Waals surface area (Å²) in [6.45, 7) is 5.41. The van der Waals surface area contributed by atoms with Crippen molar-refractivity contribution in [2.75, 3.05) is 26.1 Å². The van der Waals surface area contributed by atoms with Gasteiger partial charge in [0.2, 0.25) is 15.4 Å². The number of nitrogens with zero attached hydrogens (tertiary/aromatic N) is 2. The number of rotatable bonds is 8. The second-order valence-electron chi connectivity index (χ2n) is 6.91. The van der Waals surface area contributed by atoms with E-state index in [0.29, 0.717) is 17.9 Å². The molecule has 0 saturated carbocycles. The Bertz CT molecular complexity index is 935. The molecular weight excluding hydrogens is 404 g/mol. The number of amides is 1. The molecule has 11 heteroatoms. The summed E-state index contributed by atoms with van der Waals surface area (Å²) in [5.41, 5.74) is 0.262. The summed E-state index contributed by atoms with van der Waals surface area (Å²) in [7, 11) is -0.737. The van der Waals surface area contributed by atoms with Crippen LogP contribution in [-0.2, 0) is 21.2 Å². The van der Waals surface area contributed by atoms with Crippen LogP contribution in [0.4, 0.5) is 5.13 Å². The fourth-order valence-corrected chi connectivity index (χ4v) is 4.05. The first-order valence-electron chi connectivity index (χ1n) is 8.42. The van der Waals surface area contributed by atoms with Crippen LogP contribution in [0.25, 0.3) is 0 Å². The van der Waals surface area contributed by atoms with E-state index in [-0.39, 0.29) is 21.9 Å². The first kappa shape index (κ1) is 22.1. The maximum atomic E-state index is 12.4. The molecule has 1 aromatic heterocycles. The quantitative estimate of drug-likeness (QED) is 0.618. The van der Waals surface area contributed by atoms with Gasteiger partial charge in [-0.2, -0.15) is 0 Å². The number of ether oxygens (including phenoxy) is 2. The van der Waals surface area contributed by atoms with Gasteiger partial charge in [0.25, 0.3) is 10.0 Å². The topological polar surface area (TPSA) is 120 Å². The van der Waals surface area contributed by atoms with E-state index in [4.69, 9.17) is 9.47 Å². The summed E-state index contributed by atoms with van der Waals surface area (Å²) >= 11 is 0.800. The number of carbonyl (C=O) groups is 1. The Balaban J connectivity index is 1.98. The summed E-state index contributed by atoms with van der Waals surface area (Å²) in [6.07, 6.45) is 0.450. The third-order valence-corrected chi connectivity index (χ3v) is 6.36. The fourth-order valence-electron chi connectivity index (χ4n) is 2.08. The summed E-state index contributed by atoms with van der Waals surface area (Å²) in [4.78, 5) is 12.0. The van der Waals surface area contributed by atoms with Gasteiger partial charge in [-0.25, -0.2) is 13.1 Å². The van der Waals surface area contributed by atoms with Crippen molar-refractivity contribution >= 4 is 32.4 Å². The van der Waals surface area contributed by atoms with Crippen LogP contribution in [0.5, 0.6) is 11.5 Å². The minimum atomic E-state index is -3.82. The standard InChI is InChI=1S/C17H24N4O5S2/c1-17(2,3)14(22)19-15-20-21-16(27-15)28(23,24)18-9-8-11-6-7-12(25-4)13(10-11)26-5/h6-7,10,18H,8-9H2,1-5H3,(H,19,20,22). The Morgan fingerprint density at radius 3 is 2.43 bits per heavy atom. The van der Waals surface area contributed by atoms with Crippen molar-refractivity contribution in [3.05, 3.63) is 23.8 Å². The molecule has 0 aliphatic carbocycles. The summed E-state index contributed by atoms with van der Waals surface area (Å²) in [5, 5.41) is 10.1. The molecule has 0 unspecified atom stereocenters. The van der Waals surface area contributed by atoms with Crippen molar-refractivity contribution < 1.29 is 22.7 Å². The Labute approximate surface area is 168 Å². The number of hydrogen-bond acceptors (Lipinski definition) is 8. The number of methoxy groups -OCH3 is 2. The number of carbonyl (C=O) groups excluding carboxylic acids is 1. The number of anilines is 1. The highest BCUT2D eigenvalue weighted by Gasteiger charge is 2.25. The van der Waals surface area contributed by atoms with Crippen LogP contribution in [0.3, 0.4) is 0 Å². The summed E-state index contributed by atoms with van der Waals surface area (Å²) in [6, 6.07) is 5.39. The minimum absolute atomic E-state index is 0.139. The lowest BCUT2D eigenvalue weighted by atomic mass is 9.96. The molecule has 1 aromatic carbocycles. The van der Waals surface area contributed by atoms with Gasteiger partial charge in [0, 0.05) is 12.0 Å². The Kier molecular flexibility index (Phi) is 6.96. The van der Waals surface area contributed by atoms with Crippen LogP contribution in [0, 0.1) is 5.41 Å². The highest BCUT2D eigenvalue weighted by Crippen LogP contribution is 2.27. The van der Waals surface area contributed by atoms with Crippen molar-refractivity contribution in [3.8, 4) is 11.5 Å². The molecule has 0 spiro atoms. The Hall–Kier alpha value is -2.24. The molecule has 2 N–H and O–H groups in total. The van der Waals surface area contributed by atoms with Gasteiger partial charge >= 0.3 is 0 Å². The first-order chi connectivity index (χ1) is 13.1. The predicted octanol–water partition coefficient (Wildman–Crippen LogP) is 2.06. The smallest absolute Gasteiger partial charge is 0.269 e. The van der Waals surface area contributed by atoms with E-state index in [1.165, 1.54) is 7.11 Å². The molecular formula is C17H24N4O5S2. The van der Waals surface area contributed by atoms with E-state index in [1.807, 2.05) is 6.07 Å². The van der Waals surface area contributed by atoms with Gasteiger partial charge in [0.1, 0.15) is 0 Å². The summed E-state index contributed by atoms with van der Waals surface area (Å²) in [5.74, 6) is 0.908. The van der Waals surface area contributed by atoms with Gasteiger partial charge in [-0.15, -0.1) is 10.2 Å². The molecule has 0 saturated heterocycles. The number of sulfonamides is 1. The van der Waals surface area contributed by atoms with E-state index in [0.717, 1.165) is 16.9 Å². The minimum Gasteiger partial charge on any atom is -0.493 e. The first-order valence-corrected chi connectivity index (χ1v) is 10.7. The molecule has 0 bridgehead atoms. The van der Waals surface area contributed by atoms with Crippen molar-refractivity contribution in [2.45, 2.75) is 31.5 Å². The van der Waals surface area contributed by atoms with Crippen molar-refractivity contribution in [3.63, 3.8) is 0 Å². The van der Waals surface area contributed by atoms with E-state index in [9.17, 15) is 13.2 Å². The van der Waals surface area contributed by atoms with Gasteiger partial charge in [0.15, 0.2) is 11.5 Å². The van der Waals surface area contributed by atoms with Gasteiger partial charge in [-0.05, 0) is 24.1 Å². The molecule has 9 nitrogen and oxygen atoms in total. The third-order valence-electron chi connectivity index (χ3n) is 3.69. The van der Waals surface area contributed by atoms with E-state index in [1.54, 1.807) is 40.0 Å². The van der Waals surface area contributed by atoms with E-state index >= 15 is 0 Å². The lowest BCUT2D eigenvalue weighted by Crippen LogP contribution is -2.27. The number of benzene rings is 1. The zero-order valence-corrected chi connectivity index (χ0v) is 18.0. The SMILES string of the molecule is COc1ccc(CCNS(=O)(=O)c2nnc(NC(=O)C(C)(C)C)s2)cc1OC. The van der Waals surface area contributed by atoms with Gasteiger partial charge in [-0.1, -0.05) is 38.2 Å². The highest BCUT2D eigenvalue weighted by atomic mass is 32.2. The van der Waals surface area contributed by atoms with Crippen molar-refractivity contribution in [2.24, 2.45) is 5.41 Å². The highest BCUT2D eigenvalue weighted by molar-refractivity contribution is 7.91. The molecule has 1 amide bonds. The molecule has 28 heavy (non-hydrogen) atoms. The zero-order chi connectivity index (χ0) is 20.9. The van der Waals surface area contributed by atoms with Crippen LogP contribution >= 0.6 is 11.3 Å². The maximum absolute atomic E-state index is 12.4. The molecule has 0 fully saturated rings. The number of nitrogens with one attached hydrogen (secondary N) is 2. The molecule has 2 aromatic rings. The summed E-state index contributed by atoms with van der Waals surface area (Å²) < 4.78 is 37.5. The lowest BCUT2D eigenvalue weighted by Gasteiger charge is -2.15. The molecule has 0 aliphatic heterocycles. The van der Waals surface area contributed by atoms with E-state index in [2.05, 4.69) is 20.2 Å². The third kappa shape index (κ3) is 5.63. The molecule has 2 rings (SSSR count). The molecule has 0 atom stereocenters. The molecule has 0 radical (unpaired) electrons. The fraction of sp³-hybridized carbons (Fsp3) is 0.471. The monoisotopic (exact) mass is 428 g/mol. The molecule has 154 valence electrons. The average Bonchev–Trinajstić information content (AvgIpc) is 3.10. The van der Waals surface area contributed by atoms with Crippen LogP contribution in [0.1, 0.15) is 26.3 Å². The molecule has 1 heterocycles. The predicted molar refractivity (Wildman–Crippen MR) is 106 cm³/mol. The average molecular weight is 429 g/mol. The Morgan fingerprint density at radius 1 is 1.14 bits per heavy atom. The second kappa shape index (κ2) is 8.84. The normalized spacial score (nSPS) is 11.9. The number of aromatic nitrogens is 2. The van der Waals surface area contributed by atoms with Crippen LogP contribution in [0.15, 0.2) is 22.5 Å².